The zero-order valence-corrected chi connectivity index (χ0v) is 19.9. The van der Waals surface area contributed by atoms with Crippen LogP contribution in [0, 0.1) is 0 Å². The Morgan fingerprint density at radius 3 is 2.71 bits per heavy atom. The van der Waals surface area contributed by atoms with Crippen molar-refractivity contribution in [2.45, 2.75) is 44.7 Å². The van der Waals surface area contributed by atoms with Gasteiger partial charge in [0.05, 0.1) is 11.6 Å². The molecule has 1 aliphatic heterocycles. The van der Waals surface area contributed by atoms with Crippen molar-refractivity contribution in [1.82, 2.24) is 19.8 Å². The third kappa shape index (κ3) is 4.82. The Morgan fingerprint density at radius 1 is 1.26 bits per heavy atom. The molecule has 35 heavy (non-hydrogen) atoms. The molecule has 2 aromatic heterocycles. The number of carbonyl (C=O) groups excluding carboxylic acids is 4. The third-order valence-electron chi connectivity index (χ3n) is 6.11. The minimum atomic E-state index is -0.700. The second-order valence-corrected chi connectivity index (χ2v) is 9.15. The van der Waals surface area contributed by atoms with E-state index in [0.29, 0.717) is 34.3 Å². The molecule has 9 nitrogen and oxygen atoms in total. The highest BCUT2D eigenvalue weighted by Crippen LogP contribution is 2.28. The van der Waals surface area contributed by atoms with E-state index in [1.54, 1.807) is 24.3 Å². The Hall–Kier alpha value is -3.95. The van der Waals surface area contributed by atoms with E-state index in [-0.39, 0.29) is 37.1 Å². The van der Waals surface area contributed by atoms with Crippen LogP contribution in [-0.2, 0) is 21.6 Å². The number of anilines is 1. The van der Waals surface area contributed by atoms with Gasteiger partial charge in [0.1, 0.15) is 19.8 Å². The monoisotopic (exact) mass is 471 g/mol. The van der Waals surface area contributed by atoms with Gasteiger partial charge in [-0.3, -0.25) is 14.4 Å². The molecule has 0 spiro atoms. The summed E-state index contributed by atoms with van der Waals surface area (Å²) in [7, 11) is 7.70. The van der Waals surface area contributed by atoms with Crippen molar-refractivity contribution in [3.05, 3.63) is 59.4 Å². The standard InChI is InChI=1S/C25H26BN5O4/c1-25(2,26)31-9-8-15-10-16(12-28-22(15)31)23(34)29-18-4-6-20-17(11-18)13-30(24(20)35)19(14-32)5-7-21(33)27-3/h4,6,8-12,14,19H,5,7,13H2,1-3H3,(H,27,33)(H,29,34). The van der Waals surface area contributed by atoms with Crippen molar-refractivity contribution in [3.8, 4) is 0 Å². The van der Waals surface area contributed by atoms with Crippen LogP contribution in [0.15, 0.2) is 42.7 Å². The SMILES string of the molecule is [B]C(C)(C)n1ccc2cc(C(=O)Nc3ccc4c(c3)CN(C(C=O)CCC(=O)NC)C4=O)cnc21. The summed E-state index contributed by atoms with van der Waals surface area (Å²) in [6, 6.07) is 7.92. The summed E-state index contributed by atoms with van der Waals surface area (Å²) in [4.78, 5) is 54.7. The lowest BCUT2D eigenvalue weighted by atomic mass is 9.81. The zero-order valence-electron chi connectivity index (χ0n) is 19.9. The number of nitrogens with one attached hydrogen (secondary N) is 2. The zero-order chi connectivity index (χ0) is 25.3. The molecule has 0 saturated carbocycles. The summed E-state index contributed by atoms with van der Waals surface area (Å²) in [6.07, 6.45) is 4.41. The lowest BCUT2D eigenvalue weighted by molar-refractivity contribution is -0.121. The molecule has 1 unspecified atom stereocenters. The highest BCUT2D eigenvalue weighted by Gasteiger charge is 2.33. The van der Waals surface area contributed by atoms with Crippen molar-refractivity contribution in [3.63, 3.8) is 0 Å². The number of carbonyl (C=O) groups is 4. The van der Waals surface area contributed by atoms with Crippen molar-refractivity contribution >= 4 is 48.6 Å². The van der Waals surface area contributed by atoms with Gasteiger partial charge in [-0.25, -0.2) is 4.98 Å². The van der Waals surface area contributed by atoms with E-state index in [0.717, 1.165) is 5.39 Å². The maximum atomic E-state index is 12.9. The van der Waals surface area contributed by atoms with Gasteiger partial charge in [0.15, 0.2) is 0 Å². The third-order valence-corrected chi connectivity index (χ3v) is 6.11. The summed E-state index contributed by atoms with van der Waals surface area (Å²) < 4.78 is 1.84. The first-order valence-electron chi connectivity index (χ1n) is 11.3. The molecule has 0 bridgehead atoms. The maximum absolute atomic E-state index is 12.9. The van der Waals surface area contributed by atoms with Crippen LogP contribution in [0.2, 0.25) is 0 Å². The molecule has 3 heterocycles. The van der Waals surface area contributed by atoms with Gasteiger partial charge in [-0.2, -0.15) is 0 Å². The normalized spacial score (nSPS) is 14.0. The van der Waals surface area contributed by atoms with Gasteiger partial charge in [0.25, 0.3) is 11.8 Å². The van der Waals surface area contributed by atoms with Gasteiger partial charge < -0.3 is 24.9 Å². The number of nitrogens with zero attached hydrogens (tertiary/aromatic N) is 3. The van der Waals surface area contributed by atoms with Crippen LogP contribution in [-0.4, -0.2) is 59.4 Å². The summed E-state index contributed by atoms with van der Waals surface area (Å²) in [5, 5.41) is 6.15. The fraction of sp³-hybridized carbons (Fsp3) is 0.320. The Labute approximate surface area is 204 Å². The molecule has 1 aromatic carbocycles. The van der Waals surface area contributed by atoms with E-state index in [1.807, 2.05) is 30.7 Å². The Kier molecular flexibility index (Phi) is 6.47. The minimum Gasteiger partial charge on any atom is -0.359 e. The molecule has 3 amide bonds. The lowest BCUT2D eigenvalue weighted by Gasteiger charge is -2.22. The van der Waals surface area contributed by atoms with Crippen LogP contribution in [0.5, 0.6) is 0 Å². The molecule has 3 aromatic rings. The van der Waals surface area contributed by atoms with E-state index in [1.165, 1.54) is 18.1 Å². The lowest BCUT2D eigenvalue weighted by Crippen LogP contribution is -2.37. The van der Waals surface area contributed by atoms with Crippen LogP contribution in [0.1, 0.15) is 53.0 Å². The molecule has 1 aliphatic rings. The predicted molar refractivity (Wildman–Crippen MR) is 132 cm³/mol. The van der Waals surface area contributed by atoms with E-state index < -0.39 is 11.5 Å². The van der Waals surface area contributed by atoms with Gasteiger partial charge >= 0.3 is 0 Å². The molecule has 2 radical (unpaired) electrons. The molecule has 1 atom stereocenters. The number of fused-ring (bicyclic) bond motifs is 2. The molecule has 0 aliphatic carbocycles. The van der Waals surface area contributed by atoms with Gasteiger partial charge in [0, 0.05) is 54.5 Å². The fourth-order valence-electron chi connectivity index (χ4n) is 4.21. The summed E-state index contributed by atoms with van der Waals surface area (Å²) in [5.41, 5.74) is 2.15. The van der Waals surface area contributed by atoms with Crippen LogP contribution < -0.4 is 10.6 Å². The molecule has 4 rings (SSSR count). The smallest absolute Gasteiger partial charge is 0.257 e. The van der Waals surface area contributed by atoms with Gasteiger partial charge in [-0.05, 0) is 42.3 Å². The Morgan fingerprint density at radius 2 is 2.03 bits per heavy atom. The first-order valence-corrected chi connectivity index (χ1v) is 11.3. The molecule has 2 N–H and O–H groups in total. The largest absolute Gasteiger partial charge is 0.359 e. The van der Waals surface area contributed by atoms with Gasteiger partial charge in [-0.1, -0.05) is 13.8 Å². The van der Waals surface area contributed by atoms with Crippen molar-refractivity contribution in [2.75, 3.05) is 12.4 Å². The van der Waals surface area contributed by atoms with Gasteiger partial charge in [0.2, 0.25) is 5.91 Å². The topological polar surface area (TPSA) is 113 Å². The number of aldehydes is 1. The average molecular weight is 471 g/mol. The van der Waals surface area contributed by atoms with Crippen molar-refractivity contribution in [2.24, 2.45) is 0 Å². The summed E-state index contributed by atoms with van der Waals surface area (Å²) in [6.45, 7) is 3.96. The number of benzene rings is 1. The summed E-state index contributed by atoms with van der Waals surface area (Å²) >= 11 is 0. The molecule has 0 fully saturated rings. The fourth-order valence-corrected chi connectivity index (χ4v) is 4.21. The van der Waals surface area contributed by atoms with Crippen LogP contribution >= 0.6 is 0 Å². The first-order chi connectivity index (χ1) is 16.6. The number of hydrogen-bond donors (Lipinski definition) is 2. The number of rotatable bonds is 8. The predicted octanol–water partition coefficient (Wildman–Crippen LogP) is 2.20. The minimum absolute atomic E-state index is 0.145. The summed E-state index contributed by atoms with van der Waals surface area (Å²) in [5.74, 6) is -0.799. The van der Waals surface area contributed by atoms with E-state index in [9.17, 15) is 19.2 Å². The van der Waals surface area contributed by atoms with Gasteiger partial charge in [-0.15, -0.1) is 0 Å². The van der Waals surface area contributed by atoms with Crippen LogP contribution in [0.25, 0.3) is 11.0 Å². The van der Waals surface area contributed by atoms with Crippen molar-refractivity contribution in [1.29, 1.82) is 0 Å². The maximum Gasteiger partial charge on any atom is 0.257 e. The van der Waals surface area contributed by atoms with E-state index >= 15 is 0 Å². The molecular formula is C25H26BN5O4. The number of amides is 3. The molecule has 10 heteroatoms. The van der Waals surface area contributed by atoms with Crippen molar-refractivity contribution < 1.29 is 19.2 Å². The first kappa shape index (κ1) is 24.2. The second kappa shape index (κ2) is 9.36. The highest BCUT2D eigenvalue weighted by molar-refractivity contribution is 6.13. The van der Waals surface area contributed by atoms with Crippen LogP contribution in [0.3, 0.4) is 0 Å². The highest BCUT2D eigenvalue weighted by atomic mass is 16.2. The van der Waals surface area contributed by atoms with E-state index in [4.69, 9.17) is 7.85 Å². The quantitative estimate of drug-likeness (QED) is 0.386. The van der Waals surface area contributed by atoms with Crippen LogP contribution in [0.4, 0.5) is 5.69 Å². The number of aromatic nitrogens is 2. The molecule has 0 saturated heterocycles. The second-order valence-electron chi connectivity index (χ2n) is 9.15. The number of pyridine rings is 1. The Bertz CT molecular complexity index is 1330. The van der Waals surface area contributed by atoms with E-state index in [2.05, 4.69) is 15.6 Å². The number of hydrogen-bond acceptors (Lipinski definition) is 5. The molecular weight excluding hydrogens is 445 g/mol. The average Bonchev–Trinajstić information content (AvgIpc) is 3.40. The molecule has 178 valence electrons. The Balaban J connectivity index is 1.49.